The van der Waals surface area contributed by atoms with Crippen molar-refractivity contribution in [3.05, 3.63) is 41.1 Å². The molecule has 1 saturated carbocycles. The molecule has 1 aromatic rings. The Labute approximate surface area is 128 Å². The van der Waals surface area contributed by atoms with E-state index >= 15 is 0 Å². The summed E-state index contributed by atoms with van der Waals surface area (Å²) >= 11 is 0. The van der Waals surface area contributed by atoms with Crippen molar-refractivity contribution in [2.24, 2.45) is 0 Å². The summed E-state index contributed by atoms with van der Waals surface area (Å²) in [7, 11) is 0. The zero-order valence-electron chi connectivity index (χ0n) is 13.7. The van der Waals surface area contributed by atoms with Crippen LogP contribution in [0.1, 0.15) is 76.3 Å². The third-order valence-corrected chi connectivity index (χ3v) is 4.22. The quantitative estimate of drug-likeness (QED) is 0.753. The van der Waals surface area contributed by atoms with E-state index in [2.05, 4.69) is 51.2 Å². The standard InChI is InChI=1S/C19H27NO/c1-13(2)16-9-7-10-17(14(3)4)19(16)20-12-15-8-5-6-11-18(15)21/h7,9-10,12-14,20H,5-6,8,11H2,1-4H3/b15-12+. The second-order valence-corrected chi connectivity index (χ2v) is 6.57. The van der Waals surface area contributed by atoms with E-state index in [1.54, 1.807) is 0 Å². The molecule has 1 aliphatic rings. The van der Waals surface area contributed by atoms with Gasteiger partial charge in [0.15, 0.2) is 5.78 Å². The molecule has 2 nitrogen and oxygen atoms in total. The predicted octanol–water partition coefficient (Wildman–Crippen LogP) is 5.37. The molecular formula is C19H27NO. The zero-order chi connectivity index (χ0) is 15.4. The highest BCUT2D eigenvalue weighted by molar-refractivity contribution is 5.96. The van der Waals surface area contributed by atoms with Gasteiger partial charge in [-0.2, -0.15) is 0 Å². The lowest BCUT2D eigenvalue weighted by Gasteiger charge is -2.20. The molecule has 0 heterocycles. The van der Waals surface area contributed by atoms with E-state index in [0.717, 1.165) is 24.8 Å². The van der Waals surface area contributed by atoms with E-state index in [0.29, 0.717) is 24.0 Å². The molecular weight excluding hydrogens is 258 g/mol. The van der Waals surface area contributed by atoms with E-state index in [9.17, 15) is 4.79 Å². The van der Waals surface area contributed by atoms with Gasteiger partial charge in [0.25, 0.3) is 0 Å². The first-order valence-electron chi connectivity index (χ1n) is 8.12. The molecule has 0 atom stereocenters. The first-order valence-corrected chi connectivity index (χ1v) is 8.12. The maximum absolute atomic E-state index is 11.9. The predicted molar refractivity (Wildman–Crippen MR) is 89.8 cm³/mol. The molecule has 0 aromatic heterocycles. The van der Waals surface area contributed by atoms with Crippen molar-refractivity contribution >= 4 is 11.5 Å². The number of Topliss-reactive ketones (excluding diaryl/α,β-unsaturated/α-hetero) is 1. The summed E-state index contributed by atoms with van der Waals surface area (Å²) in [5.74, 6) is 1.24. The maximum Gasteiger partial charge on any atom is 0.160 e. The lowest BCUT2D eigenvalue weighted by Crippen LogP contribution is -2.11. The van der Waals surface area contributed by atoms with Crippen LogP contribution in [-0.2, 0) is 4.79 Å². The Kier molecular flexibility index (Phi) is 5.22. The van der Waals surface area contributed by atoms with Crippen LogP contribution in [0.3, 0.4) is 0 Å². The lowest BCUT2D eigenvalue weighted by molar-refractivity contribution is -0.116. The Morgan fingerprint density at radius 2 is 1.57 bits per heavy atom. The van der Waals surface area contributed by atoms with Gasteiger partial charge in [0.1, 0.15) is 0 Å². The van der Waals surface area contributed by atoms with Crippen LogP contribution in [0, 0.1) is 0 Å². The van der Waals surface area contributed by atoms with Gasteiger partial charge in [0.05, 0.1) is 0 Å². The third kappa shape index (κ3) is 3.75. The highest BCUT2D eigenvalue weighted by Crippen LogP contribution is 2.33. The molecule has 1 aliphatic carbocycles. The molecule has 0 saturated heterocycles. The first-order chi connectivity index (χ1) is 10.0. The first kappa shape index (κ1) is 15.8. The Morgan fingerprint density at radius 1 is 1.00 bits per heavy atom. The Morgan fingerprint density at radius 3 is 2.10 bits per heavy atom. The van der Waals surface area contributed by atoms with Crippen molar-refractivity contribution in [3.8, 4) is 0 Å². The Hall–Kier alpha value is -1.57. The average Bonchev–Trinajstić information content (AvgIpc) is 2.45. The monoisotopic (exact) mass is 285 g/mol. The van der Waals surface area contributed by atoms with Crippen LogP contribution < -0.4 is 5.32 Å². The van der Waals surface area contributed by atoms with Gasteiger partial charge in [-0.1, -0.05) is 45.9 Å². The van der Waals surface area contributed by atoms with E-state index < -0.39 is 0 Å². The molecule has 1 N–H and O–H groups in total. The molecule has 2 rings (SSSR count). The van der Waals surface area contributed by atoms with Crippen LogP contribution in [0.4, 0.5) is 5.69 Å². The van der Waals surface area contributed by atoms with Crippen molar-refractivity contribution in [2.75, 3.05) is 5.32 Å². The van der Waals surface area contributed by atoms with Gasteiger partial charge in [0, 0.05) is 23.9 Å². The fourth-order valence-electron chi connectivity index (χ4n) is 2.93. The number of allylic oxidation sites excluding steroid dienone is 1. The zero-order valence-corrected chi connectivity index (χ0v) is 13.7. The van der Waals surface area contributed by atoms with Crippen LogP contribution in [-0.4, -0.2) is 5.78 Å². The van der Waals surface area contributed by atoms with Crippen LogP contribution in [0.2, 0.25) is 0 Å². The Balaban J connectivity index is 2.33. The number of hydrogen-bond donors (Lipinski definition) is 1. The van der Waals surface area contributed by atoms with Crippen LogP contribution in [0.5, 0.6) is 0 Å². The topological polar surface area (TPSA) is 29.1 Å². The van der Waals surface area contributed by atoms with Crippen molar-refractivity contribution in [1.82, 2.24) is 0 Å². The smallest absolute Gasteiger partial charge is 0.160 e. The van der Waals surface area contributed by atoms with Gasteiger partial charge in [-0.3, -0.25) is 4.79 Å². The molecule has 1 aromatic carbocycles. The minimum Gasteiger partial charge on any atom is -0.361 e. The second kappa shape index (κ2) is 6.93. The number of para-hydroxylation sites is 1. The number of benzene rings is 1. The number of ketones is 1. The van der Waals surface area contributed by atoms with Gasteiger partial charge < -0.3 is 5.32 Å². The number of carbonyl (C=O) groups excluding carboxylic acids is 1. The summed E-state index contributed by atoms with van der Waals surface area (Å²) in [4.78, 5) is 11.9. The molecule has 114 valence electrons. The number of hydrogen-bond acceptors (Lipinski definition) is 2. The van der Waals surface area contributed by atoms with Gasteiger partial charge in [-0.25, -0.2) is 0 Å². The number of nitrogens with one attached hydrogen (secondary N) is 1. The summed E-state index contributed by atoms with van der Waals surface area (Å²) in [5.41, 5.74) is 4.78. The van der Waals surface area contributed by atoms with Crippen LogP contribution >= 0.6 is 0 Å². The maximum atomic E-state index is 11.9. The number of rotatable bonds is 4. The Bertz CT molecular complexity index is 514. The van der Waals surface area contributed by atoms with E-state index in [1.807, 2.05) is 6.20 Å². The minimum absolute atomic E-state index is 0.307. The highest BCUT2D eigenvalue weighted by Gasteiger charge is 2.16. The molecule has 0 aliphatic heterocycles. The summed E-state index contributed by atoms with van der Waals surface area (Å²) < 4.78 is 0. The molecule has 0 radical (unpaired) electrons. The van der Waals surface area contributed by atoms with Gasteiger partial charge in [0.2, 0.25) is 0 Å². The fourth-order valence-corrected chi connectivity index (χ4v) is 2.93. The SMILES string of the molecule is CC(C)c1cccc(C(C)C)c1N/C=C1\CCCCC1=O. The molecule has 21 heavy (non-hydrogen) atoms. The van der Waals surface area contributed by atoms with Crippen molar-refractivity contribution < 1.29 is 4.79 Å². The van der Waals surface area contributed by atoms with Crippen molar-refractivity contribution in [1.29, 1.82) is 0 Å². The molecule has 0 amide bonds. The van der Waals surface area contributed by atoms with Gasteiger partial charge in [-0.15, -0.1) is 0 Å². The second-order valence-electron chi connectivity index (χ2n) is 6.57. The minimum atomic E-state index is 0.307. The summed E-state index contributed by atoms with van der Waals surface area (Å²) in [6.07, 6.45) is 5.73. The van der Waals surface area contributed by atoms with Gasteiger partial charge in [-0.05, 0) is 42.2 Å². The average molecular weight is 285 g/mol. The lowest BCUT2D eigenvalue weighted by atomic mass is 9.92. The van der Waals surface area contributed by atoms with Crippen molar-refractivity contribution in [3.63, 3.8) is 0 Å². The molecule has 0 spiro atoms. The molecule has 0 unspecified atom stereocenters. The third-order valence-electron chi connectivity index (χ3n) is 4.22. The van der Waals surface area contributed by atoms with E-state index in [1.165, 1.54) is 16.8 Å². The molecule has 0 bridgehead atoms. The van der Waals surface area contributed by atoms with Crippen LogP contribution in [0.15, 0.2) is 30.0 Å². The number of carbonyl (C=O) groups is 1. The normalized spacial score (nSPS) is 17.8. The molecule has 2 heteroatoms. The molecule has 1 fully saturated rings. The highest BCUT2D eigenvalue weighted by atomic mass is 16.1. The largest absolute Gasteiger partial charge is 0.361 e. The summed E-state index contributed by atoms with van der Waals surface area (Å²) in [5, 5.41) is 3.46. The van der Waals surface area contributed by atoms with Gasteiger partial charge >= 0.3 is 0 Å². The summed E-state index contributed by atoms with van der Waals surface area (Å²) in [6, 6.07) is 6.49. The fraction of sp³-hybridized carbons (Fsp3) is 0.526. The van der Waals surface area contributed by atoms with E-state index in [-0.39, 0.29) is 0 Å². The summed E-state index contributed by atoms with van der Waals surface area (Å²) in [6.45, 7) is 8.85. The van der Waals surface area contributed by atoms with Crippen molar-refractivity contribution in [2.45, 2.75) is 65.2 Å². The number of anilines is 1. The van der Waals surface area contributed by atoms with E-state index in [4.69, 9.17) is 0 Å². The van der Waals surface area contributed by atoms with Crippen LogP contribution in [0.25, 0.3) is 0 Å².